The molecule has 1 N–H and O–H groups in total. The normalized spacial score (nSPS) is 10.0. The van der Waals surface area contributed by atoms with E-state index in [1.165, 1.54) is 0 Å². The van der Waals surface area contributed by atoms with Crippen molar-refractivity contribution in [3.05, 3.63) is 60.3 Å². The summed E-state index contributed by atoms with van der Waals surface area (Å²) in [6, 6.07) is 9.41. The van der Waals surface area contributed by atoms with Crippen molar-refractivity contribution in [1.29, 1.82) is 5.26 Å². The molecule has 6 heteroatoms. The standard InChI is InChI=1S/C15H11N5O/c16-8-13-15(19-9-11-3-6-17-7-4-11)21-14(20-13)12-2-1-5-18-10-12/h1-7,10,19H,9H2. The zero-order valence-corrected chi connectivity index (χ0v) is 11.0. The molecule has 0 bridgehead atoms. The minimum Gasteiger partial charge on any atom is -0.419 e. The van der Waals surface area contributed by atoms with Gasteiger partial charge in [0, 0.05) is 31.3 Å². The van der Waals surface area contributed by atoms with Crippen molar-refractivity contribution in [2.45, 2.75) is 6.54 Å². The molecule has 3 aromatic heterocycles. The Morgan fingerprint density at radius 1 is 1.14 bits per heavy atom. The quantitative estimate of drug-likeness (QED) is 0.788. The number of nitriles is 1. The molecule has 3 aromatic rings. The van der Waals surface area contributed by atoms with Gasteiger partial charge in [0.1, 0.15) is 6.07 Å². The Morgan fingerprint density at radius 3 is 2.71 bits per heavy atom. The Morgan fingerprint density at radius 2 is 2.00 bits per heavy atom. The summed E-state index contributed by atoms with van der Waals surface area (Å²) in [4.78, 5) is 12.1. The Bertz CT molecular complexity index is 762. The topological polar surface area (TPSA) is 87.6 Å². The Hall–Kier alpha value is -3.20. The summed E-state index contributed by atoms with van der Waals surface area (Å²) in [5.41, 5.74) is 1.99. The van der Waals surface area contributed by atoms with Gasteiger partial charge in [-0.05, 0) is 29.8 Å². The van der Waals surface area contributed by atoms with Crippen molar-refractivity contribution in [2.75, 3.05) is 5.32 Å². The number of pyridine rings is 2. The number of aromatic nitrogens is 3. The second-order valence-corrected chi connectivity index (χ2v) is 4.26. The summed E-state index contributed by atoms with van der Waals surface area (Å²) in [5.74, 6) is 0.727. The fourth-order valence-electron chi connectivity index (χ4n) is 1.81. The van der Waals surface area contributed by atoms with Gasteiger partial charge in [0.15, 0.2) is 0 Å². The van der Waals surface area contributed by atoms with Crippen LogP contribution in [0.3, 0.4) is 0 Å². The number of hydrogen-bond acceptors (Lipinski definition) is 6. The van der Waals surface area contributed by atoms with E-state index in [2.05, 4.69) is 20.3 Å². The average Bonchev–Trinajstić information content (AvgIpc) is 2.98. The van der Waals surface area contributed by atoms with Gasteiger partial charge in [0.05, 0.1) is 5.56 Å². The van der Waals surface area contributed by atoms with Gasteiger partial charge >= 0.3 is 0 Å². The number of hydrogen-bond donors (Lipinski definition) is 1. The van der Waals surface area contributed by atoms with Crippen molar-refractivity contribution >= 4 is 5.88 Å². The second kappa shape index (κ2) is 5.84. The van der Waals surface area contributed by atoms with E-state index >= 15 is 0 Å². The van der Waals surface area contributed by atoms with E-state index in [4.69, 9.17) is 9.68 Å². The highest BCUT2D eigenvalue weighted by Gasteiger charge is 2.14. The molecule has 0 spiro atoms. The highest BCUT2D eigenvalue weighted by Crippen LogP contribution is 2.24. The molecular formula is C15H11N5O. The first kappa shape index (κ1) is 12.8. The van der Waals surface area contributed by atoms with Crippen LogP contribution in [0.2, 0.25) is 0 Å². The van der Waals surface area contributed by atoms with Crippen molar-refractivity contribution in [2.24, 2.45) is 0 Å². The molecule has 0 atom stereocenters. The van der Waals surface area contributed by atoms with Crippen LogP contribution in [-0.2, 0) is 6.54 Å². The van der Waals surface area contributed by atoms with E-state index in [-0.39, 0.29) is 5.69 Å². The first-order chi connectivity index (χ1) is 10.4. The fraction of sp³-hybridized carbons (Fsp3) is 0.0667. The molecule has 0 aliphatic heterocycles. The molecule has 3 rings (SSSR count). The third kappa shape index (κ3) is 2.87. The zero-order chi connectivity index (χ0) is 14.5. The summed E-state index contributed by atoms with van der Waals surface area (Å²) in [6.07, 6.45) is 6.73. The van der Waals surface area contributed by atoms with E-state index < -0.39 is 0 Å². The molecule has 0 aliphatic rings. The lowest BCUT2D eigenvalue weighted by atomic mass is 10.3. The molecule has 0 radical (unpaired) electrons. The van der Waals surface area contributed by atoms with Crippen LogP contribution in [0.5, 0.6) is 0 Å². The Labute approximate surface area is 121 Å². The SMILES string of the molecule is N#Cc1nc(-c2cccnc2)oc1NCc1ccncc1. The first-order valence-electron chi connectivity index (χ1n) is 6.31. The molecule has 0 saturated carbocycles. The Kier molecular flexibility index (Phi) is 3.56. The van der Waals surface area contributed by atoms with E-state index in [9.17, 15) is 0 Å². The lowest BCUT2D eigenvalue weighted by Gasteiger charge is -2.02. The zero-order valence-electron chi connectivity index (χ0n) is 11.0. The van der Waals surface area contributed by atoms with Gasteiger partial charge in [-0.1, -0.05) is 0 Å². The molecular weight excluding hydrogens is 266 g/mol. The molecule has 21 heavy (non-hydrogen) atoms. The number of anilines is 1. The van der Waals surface area contributed by atoms with Gasteiger partial charge in [-0.2, -0.15) is 10.2 Å². The molecule has 102 valence electrons. The van der Waals surface area contributed by atoms with Crippen LogP contribution in [0, 0.1) is 11.3 Å². The molecule has 0 aliphatic carbocycles. The summed E-state index contributed by atoms with van der Waals surface area (Å²) >= 11 is 0. The summed E-state index contributed by atoms with van der Waals surface area (Å²) < 4.78 is 5.61. The minimum atomic E-state index is 0.225. The molecule has 0 saturated heterocycles. The highest BCUT2D eigenvalue weighted by atomic mass is 16.4. The molecule has 0 fully saturated rings. The lowest BCUT2D eigenvalue weighted by Crippen LogP contribution is -1.99. The number of nitrogens with one attached hydrogen (secondary N) is 1. The summed E-state index contributed by atoms with van der Waals surface area (Å²) in [5, 5.41) is 12.2. The third-order valence-electron chi connectivity index (χ3n) is 2.84. The predicted octanol–water partition coefficient (Wildman–Crippen LogP) is 2.62. The molecule has 0 unspecified atom stereocenters. The van der Waals surface area contributed by atoms with Crippen LogP contribution < -0.4 is 5.32 Å². The van der Waals surface area contributed by atoms with Crippen LogP contribution in [0.15, 0.2) is 53.5 Å². The predicted molar refractivity (Wildman–Crippen MR) is 76.0 cm³/mol. The fourth-order valence-corrected chi connectivity index (χ4v) is 1.81. The first-order valence-corrected chi connectivity index (χ1v) is 6.31. The Balaban J connectivity index is 1.82. The number of nitrogens with zero attached hydrogens (tertiary/aromatic N) is 4. The van der Waals surface area contributed by atoms with Gasteiger partial charge in [-0.25, -0.2) is 0 Å². The van der Waals surface area contributed by atoms with Gasteiger partial charge in [-0.15, -0.1) is 0 Å². The number of rotatable bonds is 4. The van der Waals surface area contributed by atoms with E-state index in [1.807, 2.05) is 24.3 Å². The largest absolute Gasteiger partial charge is 0.419 e. The van der Waals surface area contributed by atoms with Crippen molar-refractivity contribution in [3.63, 3.8) is 0 Å². The smallest absolute Gasteiger partial charge is 0.232 e. The highest BCUT2D eigenvalue weighted by molar-refractivity contribution is 5.57. The maximum Gasteiger partial charge on any atom is 0.232 e. The maximum atomic E-state index is 9.14. The third-order valence-corrected chi connectivity index (χ3v) is 2.84. The molecule has 3 heterocycles. The monoisotopic (exact) mass is 277 g/mol. The summed E-state index contributed by atoms with van der Waals surface area (Å²) in [7, 11) is 0. The molecule has 6 nitrogen and oxygen atoms in total. The molecule has 0 amide bonds. The van der Waals surface area contributed by atoms with Crippen molar-refractivity contribution in [3.8, 4) is 17.5 Å². The average molecular weight is 277 g/mol. The van der Waals surface area contributed by atoms with Gasteiger partial charge in [0.2, 0.25) is 17.5 Å². The van der Waals surface area contributed by atoms with E-state index in [0.717, 1.165) is 11.1 Å². The minimum absolute atomic E-state index is 0.225. The maximum absolute atomic E-state index is 9.14. The second-order valence-electron chi connectivity index (χ2n) is 4.26. The number of oxazole rings is 1. The summed E-state index contributed by atoms with van der Waals surface area (Å²) in [6.45, 7) is 0.527. The van der Waals surface area contributed by atoms with Crippen LogP contribution in [0.25, 0.3) is 11.5 Å². The van der Waals surface area contributed by atoms with Crippen LogP contribution >= 0.6 is 0 Å². The van der Waals surface area contributed by atoms with Gasteiger partial charge in [0.25, 0.3) is 0 Å². The van der Waals surface area contributed by atoms with Gasteiger partial charge in [-0.3, -0.25) is 9.97 Å². The van der Waals surface area contributed by atoms with E-state index in [1.54, 1.807) is 30.9 Å². The van der Waals surface area contributed by atoms with Crippen LogP contribution in [0.1, 0.15) is 11.3 Å². The van der Waals surface area contributed by atoms with Crippen LogP contribution in [-0.4, -0.2) is 15.0 Å². The van der Waals surface area contributed by atoms with Crippen molar-refractivity contribution in [1.82, 2.24) is 15.0 Å². The molecule has 0 aromatic carbocycles. The lowest BCUT2D eigenvalue weighted by molar-refractivity contribution is 0.584. The van der Waals surface area contributed by atoms with E-state index in [0.29, 0.717) is 18.3 Å². The van der Waals surface area contributed by atoms with Gasteiger partial charge < -0.3 is 9.73 Å². The van der Waals surface area contributed by atoms with Crippen molar-refractivity contribution < 1.29 is 4.42 Å². The van der Waals surface area contributed by atoms with Crippen LogP contribution in [0.4, 0.5) is 5.88 Å².